The van der Waals surface area contributed by atoms with Gasteiger partial charge in [0.1, 0.15) is 0 Å². The Morgan fingerprint density at radius 1 is 1.35 bits per heavy atom. The van der Waals surface area contributed by atoms with Gasteiger partial charge in [0.25, 0.3) is 0 Å². The maximum atomic E-state index is 11.7. The molecule has 1 aromatic carbocycles. The van der Waals surface area contributed by atoms with Gasteiger partial charge in [-0.15, -0.1) is 0 Å². The third-order valence-corrected chi connectivity index (χ3v) is 2.64. The van der Waals surface area contributed by atoms with E-state index in [9.17, 15) is 4.79 Å². The summed E-state index contributed by atoms with van der Waals surface area (Å²) in [5, 5.41) is 0. The molecule has 0 bridgehead atoms. The number of Topliss-reactive ketones (excluding diaryl/α,β-unsaturated/α-hetero) is 1. The zero-order chi connectivity index (χ0) is 12.8. The van der Waals surface area contributed by atoms with Gasteiger partial charge in [-0.1, -0.05) is 49.6 Å². The molecule has 0 aliphatic carbocycles. The zero-order valence-corrected chi connectivity index (χ0v) is 10.5. The molecule has 17 heavy (non-hydrogen) atoms. The van der Waals surface area contributed by atoms with E-state index in [0.29, 0.717) is 12.0 Å². The van der Waals surface area contributed by atoms with E-state index in [1.54, 1.807) is 13.0 Å². The van der Waals surface area contributed by atoms with Crippen molar-refractivity contribution in [2.45, 2.75) is 20.3 Å². The van der Waals surface area contributed by atoms with Crippen LogP contribution in [0.25, 0.3) is 5.57 Å². The highest BCUT2D eigenvalue weighted by Gasteiger charge is 2.09. The number of benzene rings is 1. The van der Waals surface area contributed by atoms with Gasteiger partial charge in [-0.05, 0) is 36.1 Å². The van der Waals surface area contributed by atoms with Crippen molar-refractivity contribution in [2.24, 2.45) is 0 Å². The van der Waals surface area contributed by atoms with Gasteiger partial charge in [-0.25, -0.2) is 0 Å². The number of rotatable bonds is 5. The topological polar surface area (TPSA) is 17.1 Å². The molecule has 0 saturated carbocycles. The molecule has 1 aromatic rings. The van der Waals surface area contributed by atoms with Gasteiger partial charge in [-0.2, -0.15) is 0 Å². The Kier molecular flexibility index (Phi) is 4.65. The van der Waals surface area contributed by atoms with Crippen molar-refractivity contribution < 1.29 is 4.79 Å². The number of hydrogen-bond donors (Lipinski definition) is 0. The van der Waals surface area contributed by atoms with Crippen LogP contribution >= 0.6 is 0 Å². The first kappa shape index (κ1) is 13.2. The molecule has 0 aliphatic rings. The molecule has 1 nitrogen and oxygen atoms in total. The van der Waals surface area contributed by atoms with Crippen LogP contribution in [0.3, 0.4) is 0 Å². The van der Waals surface area contributed by atoms with Gasteiger partial charge < -0.3 is 0 Å². The number of ketones is 1. The minimum Gasteiger partial charge on any atom is -0.294 e. The van der Waals surface area contributed by atoms with E-state index in [1.807, 2.05) is 37.3 Å². The van der Waals surface area contributed by atoms with Crippen LogP contribution in [0, 0.1) is 6.92 Å². The zero-order valence-electron chi connectivity index (χ0n) is 10.5. The second-order valence-electron chi connectivity index (χ2n) is 4.12. The van der Waals surface area contributed by atoms with Gasteiger partial charge in [0.2, 0.25) is 0 Å². The van der Waals surface area contributed by atoms with Gasteiger partial charge in [0.05, 0.1) is 0 Å². The highest BCUT2D eigenvalue weighted by atomic mass is 16.1. The standard InChI is InChI=1S/C16H18O/c1-5-8-14(11-16(17)12(2)3)15-10-7-6-9-13(15)4/h5-10H,1-2,11H2,3-4H3/b14-8-. The number of carbonyl (C=O) groups excluding carboxylic acids is 1. The van der Waals surface area contributed by atoms with Crippen LogP contribution in [0.5, 0.6) is 0 Å². The van der Waals surface area contributed by atoms with E-state index in [1.165, 1.54) is 0 Å². The maximum Gasteiger partial charge on any atom is 0.162 e. The lowest BCUT2D eigenvalue weighted by atomic mass is 9.94. The Balaban J connectivity index is 3.08. The molecule has 0 radical (unpaired) electrons. The third kappa shape index (κ3) is 3.56. The van der Waals surface area contributed by atoms with Crippen LogP contribution in [0.15, 0.2) is 55.1 Å². The molecule has 88 valence electrons. The summed E-state index contributed by atoms with van der Waals surface area (Å²) in [7, 11) is 0. The predicted molar refractivity (Wildman–Crippen MR) is 73.8 cm³/mol. The number of hydrogen-bond acceptors (Lipinski definition) is 1. The smallest absolute Gasteiger partial charge is 0.162 e. The largest absolute Gasteiger partial charge is 0.294 e. The molecule has 0 spiro atoms. The second-order valence-corrected chi connectivity index (χ2v) is 4.12. The summed E-state index contributed by atoms with van der Waals surface area (Å²) in [5.74, 6) is 0.0707. The molecule has 1 heteroatoms. The molecule has 0 atom stereocenters. The number of allylic oxidation sites excluding steroid dienone is 4. The fourth-order valence-corrected chi connectivity index (χ4v) is 1.64. The highest BCUT2D eigenvalue weighted by molar-refractivity contribution is 6.01. The summed E-state index contributed by atoms with van der Waals surface area (Å²) in [6, 6.07) is 8.03. The third-order valence-electron chi connectivity index (χ3n) is 2.64. The molecule has 0 fully saturated rings. The number of aryl methyl sites for hydroxylation is 1. The minimum absolute atomic E-state index is 0.0707. The van der Waals surface area contributed by atoms with Gasteiger partial charge in [-0.3, -0.25) is 4.79 Å². The van der Waals surface area contributed by atoms with Crippen molar-refractivity contribution in [3.8, 4) is 0 Å². The van der Waals surface area contributed by atoms with Gasteiger partial charge in [0.15, 0.2) is 5.78 Å². The summed E-state index contributed by atoms with van der Waals surface area (Å²) < 4.78 is 0. The minimum atomic E-state index is 0.0707. The molecule has 0 aliphatic heterocycles. The van der Waals surface area contributed by atoms with E-state index >= 15 is 0 Å². The number of carbonyl (C=O) groups is 1. The van der Waals surface area contributed by atoms with E-state index in [2.05, 4.69) is 13.2 Å². The van der Waals surface area contributed by atoms with Crippen LogP contribution in [0.4, 0.5) is 0 Å². The van der Waals surface area contributed by atoms with Gasteiger partial charge >= 0.3 is 0 Å². The van der Waals surface area contributed by atoms with Crippen LogP contribution in [-0.2, 0) is 4.79 Å². The quantitative estimate of drug-likeness (QED) is 0.545. The molecule has 0 saturated heterocycles. The van der Waals surface area contributed by atoms with Crippen molar-refractivity contribution in [1.82, 2.24) is 0 Å². The molecule has 0 heterocycles. The first-order valence-electron chi connectivity index (χ1n) is 5.62. The Labute approximate surface area is 103 Å². The SMILES string of the molecule is C=C/C=C(/CC(=O)C(=C)C)c1ccccc1C. The Morgan fingerprint density at radius 2 is 2.00 bits per heavy atom. The Morgan fingerprint density at radius 3 is 2.53 bits per heavy atom. The molecule has 1 rings (SSSR count). The molecule has 0 N–H and O–H groups in total. The summed E-state index contributed by atoms with van der Waals surface area (Å²) in [6.07, 6.45) is 3.99. The second kappa shape index (κ2) is 6.00. The van der Waals surface area contributed by atoms with Crippen molar-refractivity contribution in [3.05, 3.63) is 66.3 Å². The lowest BCUT2D eigenvalue weighted by Gasteiger charge is -2.09. The summed E-state index contributed by atoms with van der Waals surface area (Å²) in [6.45, 7) is 11.2. The van der Waals surface area contributed by atoms with Crippen molar-refractivity contribution in [2.75, 3.05) is 0 Å². The summed E-state index contributed by atoms with van der Waals surface area (Å²) in [5.41, 5.74) is 3.84. The normalized spacial score (nSPS) is 11.1. The predicted octanol–water partition coefficient (Wildman–Crippen LogP) is 4.10. The molecule has 0 amide bonds. The first-order chi connectivity index (χ1) is 8.06. The van der Waals surface area contributed by atoms with E-state index in [4.69, 9.17) is 0 Å². The van der Waals surface area contributed by atoms with Crippen LogP contribution in [0.2, 0.25) is 0 Å². The maximum absolute atomic E-state index is 11.7. The highest BCUT2D eigenvalue weighted by Crippen LogP contribution is 2.23. The summed E-state index contributed by atoms with van der Waals surface area (Å²) in [4.78, 5) is 11.7. The molecule has 0 aromatic heterocycles. The van der Waals surface area contributed by atoms with Crippen LogP contribution in [0.1, 0.15) is 24.5 Å². The Bertz CT molecular complexity index is 478. The fourth-order valence-electron chi connectivity index (χ4n) is 1.64. The molecule has 0 unspecified atom stereocenters. The van der Waals surface area contributed by atoms with Crippen LogP contribution in [-0.4, -0.2) is 5.78 Å². The van der Waals surface area contributed by atoms with E-state index in [-0.39, 0.29) is 5.78 Å². The Hall–Kier alpha value is -1.89. The fraction of sp³-hybridized carbons (Fsp3) is 0.188. The van der Waals surface area contributed by atoms with Crippen molar-refractivity contribution in [3.63, 3.8) is 0 Å². The van der Waals surface area contributed by atoms with Crippen molar-refractivity contribution >= 4 is 11.4 Å². The van der Waals surface area contributed by atoms with E-state index < -0.39 is 0 Å². The first-order valence-corrected chi connectivity index (χ1v) is 5.62. The monoisotopic (exact) mass is 226 g/mol. The average molecular weight is 226 g/mol. The van der Waals surface area contributed by atoms with E-state index in [0.717, 1.165) is 16.7 Å². The average Bonchev–Trinajstić information content (AvgIpc) is 2.29. The lowest BCUT2D eigenvalue weighted by molar-refractivity contribution is -0.114. The molecular weight excluding hydrogens is 208 g/mol. The van der Waals surface area contributed by atoms with Crippen molar-refractivity contribution in [1.29, 1.82) is 0 Å². The lowest BCUT2D eigenvalue weighted by Crippen LogP contribution is -2.01. The van der Waals surface area contributed by atoms with Gasteiger partial charge in [0, 0.05) is 6.42 Å². The van der Waals surface area contributed by atoms with Crippen LogP contribution < -0.4 is 0 Å². The molecular formula is C16H18O. The summed E-state index contributed by atoms with van der Waals surface area (Å²) >= 11 is 0.